The van der Waals surface area contributed by atoms with Crippen molar-refractivity contribution in [2.24, 2.45) is 0 Å². The minimum absolute atomic E-state index is 0.0595. The van der Waals surface area contributed by atoms with Crippen LogP contribution in [0, 0.1) is 0 Å². The van der Waals surface area contributed by atoms with Crippen LogP contribution in [0.2, 0.25) is 0 Å². The summed E-state index contributed by atoms with van der Waals surface area (Å²) in [6, 6.07) is 3.42. The van der Waals surface area contributed by atoms with Gasteiger partial charge in [-0.1, -0.05) is 13.8 Å². The Hall–Kier alpha value is -1.62. The van der Waals surface area contributed by atoms with Gasteiger partial charge in [-0.15, -0.1) is 0 Å². The minimum Gasteiger partial charge on any atom is -0.384 e. The molecule has 1 aromatic rings. The molecular formula is C14H23N3O2. The Labute approximate surface area is 114 Å². The van der Waals surface area contributed by atoms with E-state index in [2.05, 4.69) is 4.98 Å². The van der Waals surface area contributed by atoms with Crippen molar-refractivity contribution in [3.05, 3.63) is 23.4 Å². The third-order valence-electron chi connectivity index (χ3n) is 2.83. The molecule has 0 fully saturated rings. The van der Waals surface area contributed by atoms with E-state index in [1.807, 2.05) is 20.8 Å². The number of nitrogen functional groups attached to an aromatic ring is 1. The Kier molecular flexibility index (Phi) is 5.76. The second-order valence-corrected chi connectivity index (χ2v) is 4.78. The van der Waals surface area contributed by atoms with Gasteiger partial charge in [0.2, 0.25) is 0 Å². The Bertz CT molecular complexity index is 433. The number of carbonyl (C=O) groups excluding carboxylic acids is 1. The molecule has 0 aliphatic heterocycles. The number of nitrogens with two attached hydrogens (primary N) is 1. The highest BCUT2D eigenvalue weighted by Crippen LogP contribution is 2.17. The van der Waals surface area contributed by atoms with Crippen molar-refractivity contribution in [1.82, 2.24) is 9.88 Å². The van der Waals surface area contributed by atoms with Crippen molar-refractivity contribution in [3.8, 4) is 0 Å². The molecule has 0 spiro atoms. The van der Waals surface area contributed by atoms with Crippen LogP contribution in [0.3, 0.4) is 0 Å². The molecule has 5 nitrogen and oxygen atoms in total. The summed E-state index contributed by atoms with van der Waals surface area (Å²) in [4.78, 5) is 18.1. The zero-order chi connectivity index (χ0) is 14.4. The normalized spacial score (nSPS) is 10.8. The van der Waals surface area contributed by atoms with Crippen molar-refractivity contribution < 1.29 is 9.53 Å². The van der Waals surface area contributed by atoms with Crippen LogP contribution in [0.15, 0.2) is 12.1 Å². The highest BCUT2D eigenvalue weighted by molar-refractivity contribution is 5.94. The lowest BCUT2D eigenvalue weighted by Crippen LogP contribution is -2.30. The summed E-state index contributed by atoms with van der Waals surface area (Å²) in [6.45, 7) is 7.73. The fraction of sp³-hybridized carbons (Fsp3) is 0.571. The summed E-state index contributed by atoms with van der Waals surface area (Å²) >= 11 is 0. The summed E-state index contributed by atoms with van der Waals surface area (Å²) in [5, 5.41) is 0. The third kappa shape index (κ3) is 4.52. The Morgan fingerprint density at radius 2 is 2.16 bits per heavy atom. The predicted molar refractivity (Wildman–Crippen MR) is 76.2 cm³/mol. The summed E-state index contributed by atoms with van der Waals surface area (Å²) in [5.41, 5.74) is 7.16. The molecule has 0 radical (unpaired) electrons. The highest BCUT2D eigenvalue weighted by atomic mass is 16.5. The maximum Gasteiger partial charge on any atom is 0.253 e. The number of pyridine rings is 1. The van der Waals surface area contributed by atoms with Gasteiger partial charge in [-0.3, -0.25) is 4.79 Å². The lowest BCUT2D eigenvalue weighted by molar-refractivity contribution is 0.0710. The maximum atomic E-state index is 12.3. The van der Waals surface area contributed by atoms with E-state index in [1.165, 1.54) is 0 Å². The molecule has 0 unspecified atom stereocenters. The number of nitrogens with zero attached hydrogens (tertiary/aromatic N) is 2. The van der Waals surface area contributed by atoms with Gasteiger partial charge in [0.25, 0.3) is 5.91 Å². The summed E-state index contributed by atoms with van der Waals surface area (Å²) in [5.74, 6) is 0.562. The number of amides is 1. The number of ether oxygens (including phenoxy) is 1. The van der Waals surface area contributed by atoms with Crippen LogP contribution in [0.4, 0.5) is 5.82 Å². The van der Waals surface area contributed by atoms with Crippen LogP contribution in [0.1, 0.15) is 42.7 Å². The SMILES string of the molecule is CCOCCN(C)C(=O)c1cc(N)nc(C(C)C)c1. The molecule has 0 aliphatic rings. The standard InChI is InChI=1S/C14H23N3O2/c1-5-19-7-6-17(4)14(18)11-8-12(10(2)3)16-13(15)9-11/h8-10H,5-7H2,1-4H3,(H2,15,16). The first-order chi connectivity index (χ1) is 8.95. The van der Waals surface area contributed by atoms with Gasteiger partial charge in [0.15, 0.2) is 0 Å². The van der Waals surface area contributed by atoms with Gasteiger partial charge < -0.3 is 15.4 Å². The number of hydrogen-bond acceptors (Lipinski definition) is 4. The second kappa shape index (κ2) is 7.09. The number of aromatic nitrogens is 1. The first kappa shape index (κ1) is 15.4. The molecule has 0 aliphatic carbocycles. The van der Waals surface area contributed by atoms with Gasteiger partial charge in [0.1, 0.15) is 5.82 Å². The number of likely N-dealkylation sites (N-methyl/N-ethyl adjacent to an activating group) is 1. The van der Waals surface area contributed by atoms with Crippen molar-refractivity contribution >= 4 is 11.7 Å². The average molecular weight is 265 g/mol. The fourth-order valence-electron chi connectivity index (χ4n) is 1.66. The highest BCUT2D eigenvalue weighted by Gasteiger charge is 2.14. The van der Waals surface area contributed by atoms with E-state index in [1.54, 1.807) is 24.1 Å². The molecule has 0 atom stereocenters. The van der Waals surface area contributed by atoms with E-state index < -0.39 is 0 Å². The summed E-state index contributed by atoms with van der Waals surface area (Å²) < 4.78 is 5.24. The van der Waals surface area contributed by atoms with E-state index in [0.717, 1.165) is 5.69 Å². The van der Waals surface area contributed by atoms with Crippen LogP contribution >= 0.6 is 0 Å². The molecule has 19 heavy (non-hydrogen) atoms. The molecule has 0 bridgehead atoms. The van der Waals surface area contributed by atoms with Gasteiger partial charge >= 0.3 is 0 Å². The number of anilines is 1. The van der Waals surface area contributed by atoms with Gasteiger partial charge in [-0.05, 0) is 25.0 Å². The summed E-state index contributed by atoms with van der Waals surface area (Å²) in [6.07, 6.45) is 0. The molecule has 0 aromatic carbocycles. The number of carbonyl (C=O) groups is 1. The van der Waals surface area contributed by atoms with Crippen LogP contribution in [-0.4, -0.2) is 42.6 Å². The minimum atomic E-state index is -0.0595. The Morgan fingerprint density at radius 1 is 1.47 bits per heavy atom. The first-order valence-electron chi connectivity index (χ1n) is 6.56. The zero-order valence-electron chi connectivity index (χ0n) is 12.1. The van der Waals surface area contributed by atoms with Gasteiger partial charge in [-0.2, -0.15) is 0 Å². The van der Waals surface area contributed by atoms with Crippen LogP contribution < -0.4 is 5.73 Å². The van der Waals surface area contributed by atoms with E-state index >= 15 is 0 Å². The van der Waals surface area contributed by atoms with Crippen molar-refractivity contribution in [3.63, 3.8) is 0 Å². The number of rotatable bonds is 6. The van der Waals surface area contributed by atoms with E-state index in [9.17, 15) is 4.79 Å². The van der Waals surface area contributed by atoms with Crippen LogP contribution in [0.5, 0.6) is 0 Å². The smallest absolute Gasteiger partial charge is 0.253 e. The topological polar surface area (TPSA) is 68.5 Å². The molecule has 1 aromatic heterocycles. The molecule has 5 heteroatoms. The van der Waals surface area contributed by atoms with Crippen molar-refractivity contribution in [2.75, 3.05) is 32.5 Å². The molecule has 1 rings (SSSR count). The molecule has 1 amide bonds. The molecule has 2 N–H and O–H groups in total. The van der Waals surface area contributed by atoms with E-state index in [-0.39, 0.29) is 11.8 Å². The van der Waals surface area contributed by atoms with E-state index in [4.69, 9.17) is 10.5 Å². The predicted octanol–water partition coefficient (Wildman–Crippen LogP) is 1.90. The number of hydrogen-bond donors (Lipinski definition) is 1. The largest absolute Gasteiger partial charge is 0.384 e. The molecular weight excluding hydrogens is 242 g/mol. The maximum absolute atomic E-state index is 12.3. The quantitative estimate of drug-likeness (QED) is 0.798. The lowest BCUT2D eigenvalue weighted by Gasteiger charge is -2.18. The zero-order valence-corrected chi connectivity index (χ0v) is 12.1. The summed E-state index contributed by atoms with van der Waals surface area (Å²) in [7, 11) is 1.76. The lowest BCUT2D eigenvalue weighted by atomic mass is 10.1. The molecule has 0 saturated heterocycles. The van der Waals surface area contributed by atoms with Crippen molar-refractivity contribution in [2.45, 2.75) is 26.7 Å². The van der Waals surface area contributed by atoms with E-state index in [0.29, 0.717) is 31.1 Å². The average Bonchev–Trinajstić information content (AvgIpc) is 2.37. The third-order valence-corrected chi connectivity index (χ3v) is 2.83. The fourth-order valence-corrected chi connectivity index (χ4v) is 1.66. The van der Waals surface area contributed by atoms with Crippen LogP contribution in [-0.2, 0) is 4.74 Å². The Morgan fingerprint density at radius 3 is 2.74 bits per heavy atom. The van der Waals surface area contributed by atoms with Gasteiger partial charge in [0.05, 0.1) is 6.61 Å². The van der Waals surface area contributed by atoms with Gasteiger partial charge in [0, 0.05) is 31.5 Å². The van der Waals surface area contributed by atoms with Crippen molar-refractivity contribution in [1.29, 1.82) is 0 Å². The molecule has 106 valence electrons. The second-order valence-electron chi connectivity index (χ2n) is 4.78. The van der Waals surface area contributed by atoms with Crippen LogP contribution in [0.25, 0.3) is 0 Å². The first-order valence-corrected chi connectivity index (χ1v) is 6.56. The van der Waals surface area contributed by atoms with Gasteiger partial charge in [-0.25, -0.2) is 4.98 Å². The molecule has 0 saturated carbocycles. The molecule has 1 heterocycles. The monoisotopic (exact) mass is 265 g/mol. The Balaban J connectivity index is 2.81.